The van der Waals surface area contributed by atoms with Crippen LogP contribution in [0.5, 0.6) is 0 Å². The van der Waals surface area contributed by atoms with E-state index in [0.29, 0.717) is 18.8 Å². The van der Waals surface area contributed by atoms with E-state index in [4.69, 9.17) is 16.3 Å². The second-order valence-corrected chi connectivity index (χ2v) is 6.45. The highest BCUT2D eigenvalue weighted by Gasteiger charge is 2.27. The highest BCUT2D eigenvalue weighted by molar-refractivity contribution is 7.09. The van der Waals surface area contributed by atoms with E-state index in [2.05, 4.69) is 17.2 Å². The number of ether oxygens (including phenoxy) is 1. The Morgan fingerprint density at radius 3 is 2.95 bits per heavy atom. The molecule has 0 aliphatic carbocycles. The number of rotatable bonds is 5. The number of aromatic nitrogens is 1. The van der Waals surface area contributed by atoms with Gasteiger partial charge < -0.3 is 10.1 Å². The van der Waals surface area contributed by atoms with Crippen molar-refractivity contribution in [3.63, 3.8) is 0 Å². The van der Waals surface area contributed by atoms with Crippen LogP contribution in [-0.2, 0) is 21.8 Å². The Kier molecular flexibility index (Phi) is 5.19. The van der Waals surface area contributed by atoms with Crippen LogP contribution in [0.1, 0.15) is 30.5 Å². The fourth-order valence-electron chi connectivity index (χ4n) is 2.04. The van der Waals surface area contributed by atoms with Gasteiger partial charge in [-0.2, -0.15) is 0 Å². The first-order valence-electron chi connectivity index (χ1n) is 6.45. The van der Waals surface area contributed by atoms with Gasteiger partial charge in [0.05, 0.1) is 18.0 Å². The molecule has 4 nitrogen and oxygen atoms in total. The molecule has 2 rings (SSSR count). The van der Waals surface area contributed by atoms with Crippen LogP contribution in [0.2, 0.25) is 0 Å². The van der Waals surface area contributed by atoms with Gasteiger partial charge in [0.15, 0.2) is 0 Å². The molecule has 1 fully saturated rings. The van der Waals surface area contributed by atoms with Gasteiger partial charge in [-0.15, -0.1) is 22.9 Å². The average molecular weight is 303 g/mol. The van der Waals surface area contributed by atoms with Crippen LogP contribution in [0.15, 0.2) is 5.38 Å². The molecule has 0 radical (unpaired) electrons. The van der Waals surface area contributed by atoms with Crippen molar-refractivity contribution < 1.29 is 9.53 Å². The predicted octanol–water partition coefficient (Wildman–Crippen LogP) is 2.36. The van der Waals surface area contributed by atoms with Gasteiger partial charge in [-0.3, -0.25) is 4.79 Å². The van der Waals surface area contributed by atoms with Crippen LogP contribution in [0.3, 0.4) is 0 Å². The van der Waals surface area contributed by atoms with Crippen molar-refractivity contribution in [3.05, 3.63) is 16.1 Å². The summed E-state index contributed by atoms with van der Waals surface area (Å²) in [7, 11) is 0. The SMILES string of the molecule is CC1(CNC(=O)Cc2nc(CCl)cs2)CCOCC1. The van der Waals surface area contributed by atoms with E-state index >= 15 is 0 Å². The third-order valence-electron chi connectivity index (χ3n) is 3.46. The van der Waals surface area contributed by atoms with Crippen LogP contribution < -0.4 is 5.32 Å². The van der Waals surface area contributed by atoms with Crippen molar-refractivity contribution >= 4 is 28.8 Å². The third-order valence-corrected chi connectivity index (χ3v) is 4.63. The number of hydrogen-bond acceptors (Lipinski definition) is 4. The number of nitrogens with one attached hydrogen (secondary N) is 1. The summed E-state index contributed by atoms with van der Waals surface area (Å²) < 4.78 is 5.35. The summed E-state index contributed by atoms with van der Waals surface area (Å²) in [6.45, 7) is 4.49. The summed E-state index contributed by atoms with van der Waals surface area (Å²) in [5, 5.41) is 5.73. The molecule has 1 aromatic heterocycles. The molecule has 1 aliphatic rings. The number of carbonyl (C=O) groups is 1. The lowest BCUT2D eigenvalue weighted by Gasteiger charge is -2.33. The zero-order chi connectivity index (χ0) is 13.7. The van der Waals surface area contributed by atoms with E-state index < -0.39 is 0 Å². The second-order valence-electron chi connectivity index (χ2n) is 5.24. The van der Waals surface area contributed by atoms with Crippen LogP contribution in [0, 0.1) is 5.41 Å². The van der Waals surface area contributed by atoms with E-state index in [0.717, 1.165) is 36.8 Å². The third kappa shape index (κ3) is 4.44. The molecule has 1 aliphatic heterocycles. The molecular formula is C13H19ClN2O2S. The normalized spacial score (nSPS) is 18.2. The minimum Gasteiger partial charge on any atom is -0.381 e. The summed E-state index contributed by atoms with van der Waals surface area (Å²) in [6.07, 6.45) is 2.34. The van der Waals surface area contributed by atoms with Gasteiger partial charge in [0, 0.05) is 25.1 Å². The quantitative estimate of drug-likeness (QED) is 0.850. The van der Waals surface area contributed by atoms with Crippen LogP contribution in [0.4, 0.5) is 0 Å². The van der Waals surface area contributed by atoms with Gasteiger partial charge in [0.25, 0.3) is 0 Å². The summed E-state index contributed by atoms with van der Waals surface area (Å²) >= 11 is 7.18. The minimum absolute atomic E-state index is 0.0307. The van der Waals surface area contributed by atoms with Crippen molar-refractivity contribution in [1.82, 2.24) is 10.3 Å². The lowest BCUT2D eigenvalue weighted by molar-refractivity contribution is -0.121. The summed E-state index contributed by atoms with van der Waals surface area (Å²) in [4.78, 5) is 16.2. The first kappa shape index (κ1) is 14.8. The van der Waals surface area contributed by atoms with Gasteiger partial charge in [0.2, 0.25) is 5.91 Å². The molecule has 1 N–H and O–H groups in total. The molecule has 0 aromatic carbocycles. The molecule has 6 heteroatoms. The number of amides is 1. The first-order chi connectivity index (χ1) is 9.11. The number of carbonyl (C=O) groups excluding carboxylic acids is 1. The van der Waals surface area contributed by atoms with Gasteiger partial charge in [0.1, 0.15) is 5.01 Å². The molecule has 1 saturated heterocycles. The van der Waals surface area contributed by atoms with E-state index in [-0.39, 0.29) is 11.3 Å². The summed E-state index contributed by atoms with van der Waals surface area (Å²) in [5.41, 5.74) is 1.00. The van der Waals surface area contributed by atoms with Crippen molar-refractivity contribution in [2.24, 2.45) is 5.41 Å². The summed E-state index contributed by atoms with van der Waals surface area (Å²) in [6, 6.07) is 0. The fraction of sp³-hybridized carbons (Fsp3) is 0.692. The molecule has 19 heavy (non-hydrogen) atoms. The average Bonchev–Trinajstić information content (AvgIpc) is 2.85. The first-order valence-corrected chi connectivity index (χ1v) is 7.86. The van der Waals surface area contributed by atoms with Crippen LogP contribution in [-0.4, -0.2) is 30.6 Å². The molecule has 0 saturated carbocycles. The number of hydrogen-bond donors (Lipinski definition) is 1. The maximum absolute atomic E-state index is 11.9. The molecule has 0 atom stereocenters. The van der Waals surface area contributed by atoms with Gasteiger partial charge in [-0.05, 0) is 18.3 Å². The van der Waals surface area contributed by atoms with Gasteiger partial charge >= 0.3 is 0 Å². The van der Waals surface area contributed by atoms with E-state index in [1.54, 1.807) is 0 Å². The number of nitrogens with zero attached hydrogens (tertiary/aromatic N) is 1. The standard InChI is InChI=1S/C13H19ClN2O2S/c1-13(2-4-18-5-3-13)9-15-11(17)6-12-16-10(7-14)8-19-12/h8H,2-7,9H2,1H3,(H,15,17). The van der Waals surface area contributed by atoms with Crippen molar-refractivity contribution in [1.29, 1.82) is 0 Å². The molecule has 0 spiro atoms. The monoisotopic (exact) mass is 302 g/mol. The Bertz CT molecular complexity index is 430. The van der Waals surface area contributed by atoms with Crippen LogP contribution >= 0.6 is 22.9 Å². The largest absolute Gasteiger partial charge is 0.381 e. The zero-order valence-electron chi connectivity index (χ0n) is 11.1. The van der Waals surface area contributed by atoms with E-state index in [1.807, 2.05) is 5.38 Å². The zero-order valence-corrected chi connectivity index (χ0v) is 12.6. The lowest BCUT2D eigenvalue weighted by atomic mass is 9.82. The smallest absolute Gasteiger partial charge is 0.226 e. The number of halogens is 1. The molecule has 0 bridgehead atoms. The molecule has 1 amide bonds. The molecular weight excluding hydrogens is 284 g/mol. The minimum atomic E-state index is 0.0307. The van der Waals surface area contributed by atoms with Crippen molar-refractivity contribution in [2.45, 2.75) is 32.1 Å². The van der Waals surface area contributed by atoms with Crippen molar-refractivity contribution in [2.75, 3.05) is 19.8 Å². The molecule has 2 heterocycles. The summed E-state index contributed by atoms with van der Waals surface area (Å²) in [5.74, 6) is 0.430. The van der Waals surface area contributed by atoms with Gasteiger partial charge in [-0.25, -0.2) is 4.98 Å². The second kappa shape index (κ2) is 6.68. The molecule has 0 unspecified atom stereocenters. The topological polar surface area (TPSA) is 51.2 Å². The number of thiazole rings is 1. The van der Waals surface area contributed by atoms with E-state index in [9.17, 15) is 4.79 Å². The van der Waals surface area contributed by atoms with E-state index in [1.165, 1.54) is 11.3 Å². The fourth-order valence-corrected chi connectivity index (χ4v) is 3.07. The Balaban J connectivity index is 1.77. The molecule has 1 aromatic rings. The predicted molar refractivity (Wildman–Crippen MR) is 76.5 cm³/mol. The highest BCUT2D eigenvalue weighted by Crippen LogP contribution is 2.28. The Morgan fingerprint density at radius 1 is 1.58 bits per heavy atom. The Hall–Kier alpha value is -0.650. The lowest BCUT2D eigenvalue weighted by Crippen LogP contribution is -2.39. The maximum Gasteiger partial charge on any atom is 0.226 e. The Labute approximate surface area is 122 Å². The highest BCUT2D eigenvalue weighted by atomic mass is 35.5. The van der Waals surface area contributed by atoms with Gasteiger partial charge in [-0.1, -0.05) is 6.92 Å². The maximum atomic E-state index is 11.9. The molecule has 106 valence electrons. The van der Waals surface area contributed by atoms with Crippen LogP contribution in [0.25, 0.3) is 0 Å². The Morgan fingerprint density at radius 2 is 2.32 bits per heavy atom. The van der Waals surface area contributed by atoms with Crippen molar-refractivity contribution in [3.8, 4) is 0 Å². The number of alkyl halides is 1.